The van der Waals surface area contributed by atoms with Gasteiger partial charge in [0.25, 0.3) is 5.56 Å². The van der Waals surface area contributed by atoms with Crippen LogP contribution in [0.15, 0.2) is 38.3 Å². The Morgan fingerprint density at radius 1 is 1.21 bits per heavy atom. The Kier molecular flexibility index (Phi) is 6.57. The van der Waals surface area contributed by atoms with Crippen LogP contribution in [0.4, 0.5) is 5.82 Å². The molecule has 2 rings (SSSR count). The number of carbonyl (C=O) groups excluding carboxylic acids is 2. The van der Waals surface area contributed by atoms with Gasteiger partial charge < -0.3 is 15.2 Å². The van der Waals surface area contributed by atoms with Crippen molar-refractivity contribution in [1.82, 2.24) is 9.13 Å². The Morgan fingerprint density at radius 3 is 2.54 bits per heavy atom. The minimum Gasteiger partial charge on any atom is -0.496 e. The van der Waals surface area contributed by atoms with Crippen LogP contribution in [0.25, 0.3) is 6.08 Å². The first-order valence-corrected chi connectivity index (χ1v) is 8.73. The van der Waals surface area contributed by atoms with Gasteiger partial charge in [-0.25, -0.2) is 9.59 Å². The number of aromatic nitrogens is 2. The summed E-state index contributed by atoms with van der Waals surface area (Å²) in [5, 5.41) is 0. The maximum atomic E-state index is 12.3. The third-order valence-corrected chi connectivity index (χ3v) is 4.42. The molecule has 0 saturated heterocycles. The van der Waals surface area contributed by atoms with Gasteiger partial charge in [-0.15, -0.1) is 0 Å². The van der Waals surface area contributed by atoms with Crippen molar-refractivity contribution >= 4 is 39.6 Å². The molecule has 1 aromatic carbocycles. The van der Waals surface area contributed by atoms with Crippen LogP contribution in [-0.2, 0) is 23.6 Å². The van der Waals surface area contributed by atoms with Gasteiger partial charge in [0, 0.05) is 30.2 Å². The third-order valence-electron chi connectivity index (χ3n) is 3.92. The summed E-state index contributed by atoms with van der Waals surface area (Å²) >= 11 is 3.32. The van der Waals surface area contributed by atoms with Gasteiger partial charge in [0.1, 0.15) is 17.1 Å². The van der Waals surface area contributed by atoms with E-state index in [0.717, 1.165) is 19.7 Å². The number of methoxy groups -OCH3 is 1. The highest BCUT2D eigenvalue weighted by Crippen LogP contribution is 2.24. The zero-order valence-corrected chi connectivity index (χ0v) is 17.0. The van der Waals surface area contributed by atoms with Crippen molar-refractivity contribution in [3.8, 4) is 5.75 Å². The van der Waals surface area contributed by atoms with Crippen LogP contribution in [0.1, 0.15) is 15.9 Å². The first kappa shape index (κ1) is 21.2. The van der Waals surface area contributed by atoms with Gasteiger partial charge in [-0.05, 0) is 24.3 Å². The molecule has 0 saturated carbocycles. The zero-order valence-electron chi connectivity index (χ0n) is 15.4. The van der Waals surface area contributed by atoms with Gasteiger partial charge in [-0.3, -0.25) is 18.7 Å². The molecule has 0 spiro atoms. The van der Waals surface area contributed by atoms with Crippen LogP contribution < -0.4 is 21.7 Å². The lowest BCUT2D eigenvalue weighted by molar-refractivity contribution is -0.136. The smallest absolute Gasteiger partial charge is 0.332 e. The molecule has 0 radical (unpaired) electrons. The number of rotatable bonds is 6. The van der Waals surface area contributed by atoms with Gasteiger partial charge in [0.05, 0.1) is 7.11 Å². The molecule has 28 heavy (non-hydrogen) atoms. The lowest BCUT2D eigenvalue weighted by Crippen LogP contribution is -2.42. The number of Topliss-reactive ketones (excluding diaryl/α,β-unsaturated/α-hetero) is 1. The van der Waals surface area contributed by atoms with Crippen LogP contribution in [0.3, 0.4) is 0 Å². The largest absolute Gasteiger partial charge is 0.496 e. The van der Waals surface area contributed by atoms with E-state index in [4.69, 9.17) is 15.2 Å². The quantitative estimate of drug-likeness (QED) is 0.392. The van der Waals surface area contributed by atoms with E-state index < -0.39 is 35.2 Å². The summed E-state index contributed by atoms with van der Waals surface area (Å²) in [7, 11) is 4.05. The number of benzene rings is 1. The maximum Gasteiger partial charge on any atom is 0.332 e. The Morgan fingerprint density at radius 2 is 1.89 bits per heavy atom. The topological polar surface area (TPSA) is 123 Å². The van der Waals surface area contributed by atoms with Gasteiger partial charge >= 0.3 is 11.7 Å². The molecule has 148 valence electrons. The Balaban J connectivity index is 2.14. The third kappa shape index (κ3) is 4.39. The van der Waals surface area contributed by atoms with Crippen LogP contribution in [0.5, 0.6) is 5.75 Å². The van der Waals surface area contributed by atoms with Gasteiger partial charge in [0.15, 0.2) is 6.61 Å². The molecule has 1 aromatic heterocycles. The lowest BCUT2D eigenvalue weighted by Gasteiger charge is -2.10. The first-order valence-electron chi connectivity index (χ1n) is 7.94. The molecular formula is C18H18BrN3O6. The number of nitrogens with two attached hydrogens (primary N) is 1. The molecule has 0 bridgehead atoms. The highest BCUT2D eigenvalue weighted by atomic mass is 79.9. The Hall–Kier alpha value is -3.14. The molecule has 0 amide bonds. The maximum absolute atomic E-state index is 12.3. The number of anilines is 1. The van der Waals surface area contributed by atoms with Crippen molar-refractivity contribution in [2.45, 2.75) is 0 Å². The average molecular weight is 452 g/mol. The van der Waals surface area contributed by atoms with Crippen molar-refractivity contribution in [1.29, 1.82) is 0 Å². The number of hydrogen-bond donors (Lipinski definition) is 1. The Labute approximate surface area is 168 Å². The van der Waals surface area contributed by atoms with Crippen LogP contribution >= 0.6 is 15.9 Å². The fourth-order valence-electron chi connectivity index (χ4n) is 2.37. The fourth-order valence-corrected chi connectivity index (χ4v) is 2.75. The van der Waals surface area contributed by atoms with Gasteiger partial charge in [-0.2, -0.15) is 0 Å². The number of nitrogen functional groups attached to an aromatic ring is 1. The van der Waals surface area contributed by atoms with E-state index in [1.807, 2.05) is 0 Å². The van der Waals surface area contributed by atoms with E-state index in [2.05, 4.69) is 15.9 Å². The van der Waals surface area contributed by atoms with E-state index in [9.17, 15) is 19.2 Å². The molecule has 0 aliphatic heterocycles. The molecule has 2 aromatic rings. The zero-order chi connectivity index (χ0) is 21.0. The molecule has 10 heteroatoms. The minimum absolute atomic E-state index is 0.288. The monoisotopic (exact) mass is 451 g/mol. The minimum atomic E-state index is -0.851. The number of hydrogen-bond acceptors (Lipinski definition) is 7. The molecule has 0 fully saturated rings. The van der Waals surface area contributed by atoms with Crippen molar-refractivity contribution in [2.75, 3.05) is 19.5 Å². The molecule has 0 unspecified atom stereocenters. The summed E-state index contributed by atoms with van der Waals surface area (Å²) in [6.45, 7) is -0.698. The number of ether oxygens (including phenoxy) is 2. The lowest BCUT2D eigenvalue weighted by atomic mass is 10.2. The van der Waals surface area contributed by atoms with E-state index >= 15 is 0 Å². The highest BCUT2D eigenvalue weighted by Gasteiger charge is 2.21. The number of nitrogens with zero attached hydrogens (tertiary/aromatic N) is 2. The molecule has 0 atom stereocenters. The molecular weight excluding hydrogens is 434 g/mol. The molecule has 0 aliphatic carbocycles. The summed E-state index contributed by atoms with van der Waals surface area (Å²) < 4.78 is 12.6. The van der Waals surface area contributed by atoms with E-state index in [-0.39, 0.29) is 5.82 Å². The van der Waals surface area contributed by atoms with E-state index in [1.165, 1.54) is 27.3 Å². The second-order valence-electron chi connectivity index (χ2n) is 5.72. The van der Waals surface area contributed by atoms with Crippen LogP contribution in [-0.4, -0.2) is 34.6 Å². The SMILES string of the molecule is COc1ccc(Br)cc1/C=C/C(=O)OCC(=O)c1c(N)n(C)c(=O)n(C)c1=O. The molecule has 1 heterocycles. The van der Waals surface area contributed by atoms with E-state index in [0.29, 0.717) is 11.3 Å². The summed E-state index contributed by atoms with van der Waals surface area (Å²) in [5.74, 6) is -1.35. The second-order valence-corrected chi connectivity index (χ2v) is 6.63. The molecule has 0 aliphatic rings. The summed E-state index contributed by atoms with van der Waals surface area (Å²) in [6, 6.07) is 5.24. The number of ketones is 1. The molecule has 2 N–H and O–H groups in total. The standard InChI is InChI=1S/C18H18BrN3O6/c1-21-16(20)15(17(25)22(2)18(21)26)12(23)9-28-14(24)7-4-10-8-11(19)5-6-13(10)27-3/h4-8H,9,20H2,1-3H3/b7-4+. The first-order chi connectivity index (χ1) is 13.2. The summed E-state index contributed by atoms with van der Waals surface area (Å²) in [6.07, 6.45) is 2.59. The van der Waals surface area contributed by atoms with E-state index in [1.54, 1.807) is 18.2 Å². The number of esters is 1. The molecule has 9 nitrogen and oxygen atoms in total. The summed E-state index contributed by atoms with van der Waals surface area (Å²) in [5.41, 5.74) is 4.40. The van der Waals surface area contributed by atoms with Crippen molar-refractivity contribution in [3.63, 3.8) is 0 Å². The van der Waals surface area contributed by atoms with Crippen LogP contribution in [0, 0.1) is 0 Å². The van der Waals surface area contributed by atoms with Crippen LogP contribution in [0.2, 0.25) is 0 Å². The van der Waals surface area contributed by atoms with Gasteiger partial charge in [-0.1, -0.05) is 15.9 Å². The average Bonchev–Trinajstić information content (AvgIpc) is 2.67. The van der Waals surface area contributed by atoms with Crippen molar-refractivity contribution in [2.24, 2.45) is 14.1 Å². The normalized spacial score (nSPS) is 10.9. The highest BCUT2D eigenvalue weighted by molar-refractivity contribution is 9.10. The fraction of sp³-hybridized carbons (Fsp3) is 0.222. The van der Waals surface area contributed by atoms with Crippen molar-refractivity contribution in [3.05, 3.63) is 60.7 Å². The predicted octanol–water partition coefficient (Wildman–Crippen LogP) is 0.877. The predicted molar refractivity (Wildman–Crippen MR) is 106 cm³/mol. The second kappa shape index (κ2) is 8.70. The number of halogens is 1. The number of carbonyl (C=O) groups is 2. The van der Waals surface area contributed by atoms with Crippen molar-refractivity contribution < 1.29 is 19.1 Å². The van der Waals surface area contributed by atoms with Gasteiger partial charge in [0.2, 0.25) is 5.78 Å². The Bertz CT molecular complexity index is 1080. The summed E-state index contributed by atoms with van der Waals surface area (Å²) in [4.78, 5) is 48.1.